The van der Waals surface area contributed by atoms with Crippen molar-refractivity contribution < 1.29 is 18.8 Å². The predicted molar refractivity (Wildman–Crippen MR) is 133 cm³/mol. The molecule has 4 atom stereocenters. The number of amides is 2. The molecule has 2 fully saturated rings. The fourth-order valence-corrected chi connectivity index (χ4v) is 6.33. The van der Waals surface area contributed by atoms with Gasteiger partial charge in [0.05, 0.1) is 35.3 Å². The van der Waals surface area contributed by atoms with Crippen molar-refractivity contribution in [2.45, 2.75) is 57.0 Å². The van der Waals surface area contributed by atoms with Crippen molar-refractivity contribution in [3.8, 4) is 6.07 Å². The van der Waals surface area contributed by atoms with E-state index in [1.165, 1.54) is 4.90 Å². The van der Waals surface area contributed by atoms with Crippen LogP contribution in [0.25, 0.3) is 10.8 Å². The molecule has 2 aromatic rings. The van der Waals surface area contributed by atoms with Crippen LogP contribution in [0.3, 0.4) is 0 Å². The molecule has 6 nitrogen and oxygen atoms in total. The van der Waals surface area contributed by atoms with Gasteiger partial charge in [0, 0.05) is 23.8 Å². The number of anilines is 1. The van der Waals surface area contributed by atoms with Crippen LogP contribution in [0, 0.1) is 23.2 Å². The van der Waals surface area contributed by atoms with Gasteiger partial charge in [0.1, 0.15) is 5.60 Å². The second-order valence-corrected chi connectivity index (χ2v) is 15.9. The minimum atomic E-state index is -1.95. The first-order chi connectivity index (χ1) is 16.0. The third-order valence-corrected chi connectivity index (χ3v) is 12.7. The molecule has 0 radical (unpaired) electrons. The molecule has 0 N–H and O–H groups in total. The first kappa shape index (κ1) is 23.0. The van der Waals surface area contributed by atoms with Crippen LogP contribution >= 0.6 is 0 Å². The maximum absolute atomic E-state index is 13.8. The summed E-state index contributed by atoms with van der Waals surface area (Å²) in [6, 6.07) is 13.0. The number of benzene rings is 2. The van der Waals surface area contributed by atoms with E-state index in [4.69, 9.17) is 9.16 Å². The van der Waals surface area contributed by atoms with E-state index in [2.05, 4.69) is 39.9 Å². The summed E-state index contributed by atoms with van der Waals surface area (Å²) in [6.07, 6.45) is 4.04. The molecule has 3 aliphatic rings. The zero-order valence-electron chi connectivity index (χ0n) is 20.3. The van der Waals surface area contributed by atoms with E-state index in [0.29, 0.717) is 24.3 Å². The average Bonchev–Trinajstić information content (AvgIpc) is 3.42. The molecule has 0 saturated carbocycles. The van der Waals surface area contributed by atoms with E-state index in [0.717, 1.165) is 10.8 Å². The van der Waals surface area contributed by atoms with Gasteiger partial charge in [-0.05, 0) is 30.3 Å². The molecule has 5 rings (SSSR count). The molecule has 0 unspecified atom stereocenters. The van der Waals surface area contributed by atoms with Crippen molar-refractivity contribution >= 4 is 36.6 Å². The van der Waals surface area contributed by atoms with Crippen molar-refractivity contribution in [3.05, 3.63) is 54.1 Å². The van der Waals surface area contributed by atoms with Gasteiger partial charge in [0.25, 0.3) is 0 Å². The van der Waals surface area contributed by atoms with Gasteiger partial charge in [-0.25, -0.2) is 4.90 Å². The largest absolute Gasteiger partial charge is 0.417 e. The number of fused-ring (bicyclic) bond motifs is 6. The van der Waals surface area contributed by atoms with E-state index >= 15 is 0 Å². The number of nitriles is 1. The molecule has 2 bridgehead atoms. The predicted octanol–water partition coefficient (Wildman–Crippen LogP) is 4.94. The number of ether oxygens (including phenoxy) is 1. The van der Waals surface area contributed by atoms with Crippen LogP contribution in [0.15, 0.2) is 48.6 Å². The van der Waals surface area contributed by atoms with Crippen LogP contribution in [0.2, 0.25) is 18.1 Å². The van der Waals surface area contributed by atoms with Gasteiger partial charge in [0.2, 0.25) is 11.8 Å². The highest BCUT2D eigenvalue weighted by molar-refractivity contribution is 6.74. The summed E-state index contributed by atoms with van der Waals surface area (Å²) >= 11 is 0. The van der Waals surface area contributed by atoms with E-state index in [9.17, 15) is 14.9 Å². The molecule has 176 valence electrons. The highest BCUT2D eigenvalue weighted by atomic mass is 28.4. The minimum Gasteiger partial charge on any atom is -0.417 e. The van der Waals surface area contributed by atoms with Crippen LogP contribution in [0.5, 0.6) is 0 Å². The maximum Gasteiger partial charge on any atom is 0.241 e. The number of hydrogen-bond donors (Lipinski definition) is 0. The molecule has 0 spiro atoms. The van der Waals surface area contributed by atoms with Gasteiger partial charge >= 0.3 is 0 Å². The Morgan fingerprint density at radius 2 is 1.82 bits per heavy atom. The van der Waals surface area contributed by atoms with Crippen molar-refractivity contribution in [3.63, 3.8) is 0 Å². The molecule has 7 heteroatoms. The van der Waals surface area contributed by atoms with Gasteiger partial charge in [-0.3, -0.25) is 9.59 Å². The maximum atomic E-state index is 13.8. The Hall–Kier alpha value is -2.79. The zero-order valence-corrected chi connectivity index (χ0v) is 21.3. The molecular weight excluding hydrogens is 444 g/mol. The van der Waals surface area contributed by atoms with Crippen molar-refractivity contribution in [1.29, 1.82) is 5.26 Å². The Kier molecular flexibility index (Phi) is 5.14. The highest BCUT2D eigenvalue weighted by Crippen LogP contribution is 2.54. The van der Waals surface area contributed by atoms with Gasteiger partial charge < -0.3 is 9.16 Å². The molecule has 2 saturated heterocycles. The molecular formula is C27H30N2O4Si. The van der Waals surface area contributed by atoms with Gasteiger partial charge in [-0.15, -0.1) is 0 Å². The summed E-state index contributed by atoms with van der Waals surface area (Å²) in [5.74, 6) is -1.55. The molecule has 2 amide bonds. The van der Waals surface area contributed by atoms with Crippen LogP contribution in [0.4, 0.5) is 5.69 Å². The first-order valence-corrected chi connectivity index (χ1v) is 14.7. The van der Waals surface area contributed by atoms with Gasteiger partial charge in [0.15, 0.2) is 8.32 Å². The van der Waals surface area contributed by atoms with E-state index in [-0.39, 0.29) is 16.9 Å². The second kappa shape index (κ2) is 7.61. The average molecular weight is 475 g/mol. The van der Waals surface area contributed by atoms with Crippen molar-refractivity contribution in [1.82, 2.24) is 0 Å². The van der Waals surface area contributed by atoms with Crippen molar-refractivity contribution in [2.75, 3.05) is 11.5 Å². The number of imide groups is 1. The van der Waals surface area contributed by atoms with Crippen LogP contribution in [0.1, 0.15) is 32.8 Å². The number of nitrogens with zero attached hydrogens (tertiary/aromatic N) is 2. The summed E-state index contributed by atoms with van der Waals surface area (Å²) < 4.78 is 12.7. The molecule has 3 aliphatic heterocycles. The number of carbonyl (C=O) groups is 2. The Balaban J connectivity index is 1.46. The lowest BCUT2D eigenvalue weighted by atomic mass is 9.75. The van der Waals surface area contributed by atoms with Crippen molar-refractivity contribution in [2.24, 2.45) is 11.8 Å². The summed E-state index contributed by atoms with van der Waals surface area (Å²) in [7, 11) is -1.95. The SMILES string of the molecule is CC(C)(C)[Si](C)(C)OCC[C@@]12C=C[C@@H](O1)[C@H]1C(=O)N(c3ccc(C#N)c4ccccc34)C(=O)[C@H]12. The quantitative estimate of drug-likeness (QED) is 0.348. The van der Waals surface area contributed by atoms with Gasteiger partial charge in [-0.1, -0.05) is 57.2 Å². The number of rotatable bonds is 5. The third kappa shape index (κ3) is 3.20. The standard InChI is InChI=1S/C27H30N2O4Si/c1-26(2,3)34(4,5)32-15-14-27-13-12-21(33-27)22-23(27)25(31)29(24(22)30)20-11-10-17(16-28)18-8-6-7-9-19(18)20/h6-13,21-23H,14-15H2,1-5H3/t21-,22-,23+,27-/m1/s1. The Bertz CT molecular complexity index is 1270. The van der Waals surface area contributed by atoms with E-state index < -0.39 is 31.9 Å². The molecule has 34 heavy (non-hydrogen) atoms. The molecule has 0 aromatic heterocycles. The molecule has 3 heterocycles. The normalized spacial score (nSPS) is 28.1. The second-order valence-electron chi connectivity index (χ2n) is 11.1. The fourth-order valence-electron chi connectivity index (χ4n) is 5.29. The highest BCUT2D eigenvalue weighted by Gasteiger charge is 2.67. The molecule has 2 aromatic carbocycles. The van der Waals surface area contributed by atoms with Gasteiger partial charge in [-0.2, -0.15) is 5.26 Å². The lowest BCUT2D eigenvalue weighted by molar-refractivity contribution is -0.127. The summed E-state index contributed by atoms with van der Waals surface area (Å²) in [4.78, 5) is 28.7. The summed E-state index contributed by atoms with van der Waals surface area (Å²) in [6.45, 7) is 11.5. The third-order valence-electron chi connectivity index (χ3n) is 8.18. The Labute approximate surface area is 201 Å². The number of hydrogen-bond acceptors (Lipinski definition) is 5. The Morgan fingerprint density at radius 1 is 1.12 bits per heavy atom. The summed E-state index contributed by atoms with van der Waals surface area (Å²) in [5.41, 5.74) is 0.232. The molecule has 0 aliphatic carbocycles. The number of carbonyl (C=O) groups excluding carboxylic acids is 2. The Morgan fingerprint density at radius 3 is 2.50 bits per heavy atom. The fraction of sp³-hybridized carbons (Fsp3) is 0.444. The smallest absolute Gasteiger partial charge is 0.241 e. The van der Waals surface area contributed by atoms with Crippen LogP contribution in [-0.4, -0.2) is 38.4 Å². The first-order valence-electron chi connectivity index (χ1n) is 11.8. The van der Waals surface area contributed by atoms with E-state index in [1.807, 2.05) is 36.4 Å². The van der Waals surface area contributed by atoms with E-state index in [1.54, 1.807) is 12.1 Å². The zero-order chi connectivity index (χ0) is 24.5. The minimum absolute atomic E-state index is 0.0877. The van der Waals surface area contributed by atoms with Crippen LogP contribution in [-0.2, 0) is 18.8 Å². The topological polar surface area (TPSA) is 79.6 Å². The summed E-state index contributed by atoms with van der Waals surface area (Å²) in [5, 5.41) is 11.0. The lowest BCUT2D eigenvalue weighted by Crippen LogP contribution is -2.44. The van der Waals surface area contributed by atoms with Crippen LogP contribution < -0.4 is 4.90 Å². The monoisotopic (exact) mass is 474 g/mol. The lowest BCUT2D eigenvalue weighted by Gasteiger charge is -2.37.